The lowest BCUT2D eigenvalue weighted by Crippen LogP contribution is -2.27. The molecule has 0 saturated carbocycles. The lowest BCUT2D eigenvalue weighted by atomic mass is 10.2. The molecule has 0 aliphatic heterocycles. The summed E-state index contributed by atoms with van der Waals surface area (Å²) >= 11 is 1.21. The van der Waals surface area contributed by atoms with Crippen LogP contribution in [0.5, 0.6) is 0 Å². The number of hydrogen-bond donors (Lipinski definition) is 1. The van der Waals surface area contributed by atoms with Crippen molar-refractivity contribution in [2.24, 2.45) is 5.73 Å². The van der Waals surface area contributed by atoms with E-state index in [1.54, 1.807) is 23.6 Å². The zero-order valence-electron chi connectivity index (χ0n) is 13.3. The Kier molecular flexibility index (Phi) is 6.18. The Balaban J connectivity index is 2.40. The first-order valence-corrected chi connectivity index (χ1v) is 8.45. The van der Waals surface area contributed by atoms with Crippen molar-refractivity contribution < 1.29 is 9.53 Å². The van der Waals surface area contributed by atoms with Gasteiger partial charge in [0.15, 0.2) is 5.16 Å². The number of carbonyl (C=O) groups is 1. The van der Waals surface area contributed by atoms with Crippen molar-refractivity contribution in [2.45, 2.75) is 37.2 Å². The second-order valence-corrected chi connectivity index (χ2v) is 6.39. The first kappa shape index (κ1) is 17.5. The highest BCUT2D eigenvalue weighted by Crippen LogP contribution is 2.22. The maximum Gasteiger partial charge on any atom is 0.262 e. The average molecular weight is 335 g/mol. The molecule has 23 heavy (non-hydrogen) atoms. The molecule has 1 atom stereocenters. The molecule has 0 fully saturated rings. The predicted octanol–water partition coefficient (Wildman–Crippen LogP) is 1.79. The van der Waals surface area contributed by atoms with E-state index in [0.29, 0.717) is 42.2 Å². The van der Waals surface area contributed by atoms with E-state index in [9.17, 15) is 9.59 Å². The molecule has 0 aliphatic carbocycles. The average Bonchev–Trinajstić information content (AvgIpc) is 2.53. The van der Waals surface area contributed by atoms with Crippen LogP contribution < -0.4 is 11.3 Å². The van der Waals surface area contributed by atoms with E-state index in [1.165, 1.54) is 11.8 Å². The molecule has 0 bridgehead atoms. The third kappa shape index (κ3) is 4.33. The summed E-state index contributed by atoms with van der Waals surface area (Å²) in [5.74, 6) is -0.432. The minimum Gasteiger partial charge on any atom is -0.382 e. The van der Waals surface area contributed by atoms with Crippen LogP contribution in [0, 0.1) is 0 Å². The monoisotopic (exact) mass is 335 g/mol. The van der Waals surface area contributed by atoms with Crippen LogP contribution in [-0.4, -0.2) is 33.9 Å². The van der Waals surface area contributed by atoms with E-state index in [4.69, 9.17) is 10.5 Å². The highest BCUT2D eigenvalue weighted by molar-refractivity contribution is 8.00. The number of rotatable bonds is 8. The molecule has 2 N–H and O–H groups in total. The van der Waals surface area contributed by atoms with Crippen LogP contribution in [0.2, 0.25) is 0 Å². The molecule has 2 aromatic rings. The fourth-order valence-electron chi connectivity index (χ4n) is 2.12. The zero-order chi connectivity index (χ0) is 16.8. The summed E-state index contributed by atoms with van der Waals surface area (Å²) in [5.41, 5.74) is 5.85. The van der Waals surface area contributed by atoms with Gasteiger partial charge < -0.3 is 10.5 Å². The van der Waals surface area contributed by atoms with Gasteiger partial charge in [-0.1, -0.05) is 23.9 Å². The molecule has 0 saturated heterocycles. The van der Waals surface area contributed by atoms with Crippen LogP contribution in [0.1, 0.15) is 20.3 Å². The number of fused-ring (bicyclic) bond motifs is 1. The molecular formula is C16H21N3O3S. The first-order valence-electron chi connectivity index (χ1n) is 7.58. The van der Waals surface area contributed by atoms with Crippen LogP contribution >= 0.6 is 11.8 Å². The van der Waals surface area contributed by atoms with E-state index in [2.05, 4.69) is 4.98 Å². The van der Waals surface area contributed by atoms with E-state index in [-0.39, 0.29) is 5.56 Å². The van der Waals surface area contributed by atoms with Crippen LogP contribution in [0.15, 0.2) is 34.2 Å². The highest BCUT2D eigenvalue weighted by atomic mass is 32.2. The second-order valence-electron chi connectivity index (χ2n) is 5.08. The summed E-state index contributed by atoms with van der Waals surface area (Å²) < 4.78 is 6.93. The van der Waals surface area contributed by atoms with Gasteiger partial charge in [0, 0.05) is 19.8 Å². The van der Waals surface area contributed by atoms with Crippen molar-refractivity contribution in [3.63, 3.8) is 0 Å². The number of ether oxygens (including phenoxy) is 1. The minimum absolute atomic E-state index is 0.105. The quantitative estimate of drug-likeness (QED) is 0.451. The zero-order valence-corrected chi connectivity index (χ0v) is 14.1. The number of benzene rings is 1. The van der Waals surface area contributed by atoms with Crippen LogP contribution in [0.4, 0.5) is 0 Å². The topological polar surface area (TPSA) is 87.2 Å². The number of para-hydroxylation sites is 1. The molecule has 1 aromatic carbocycles. The fourth-order valence-corrected chi connectivity index (χ4v) is 3.00. The van der Waals surface area contributed by atoms with Gasteiger partial charge in [0.05, 0.1) is 16.2 Å². The lowest BCUT2D eigenvalue weighted by molar-refractivity contribution is -0.117. The van der Waals surface area contributed by atoms with Crippen molar-refractivity contribution in [1.82, 2.24) is 9.55 Å². The Labute approximate surface area is 139 Å². The van der Waals surface area contributed by atoms with Gasteiger partial charge in [-0.05, 0) is 32.4 Å². The van der Waals surface area contributed by atoms with E-state index in [1.807, 2.05) is 19.1 Å². The van der Waals surface area contributed by atoms with Crippen molar-refractivity contribution in [3.8, 4) is 0 Å². The standard InChI is InChI=1S/C16H21N3O3S/c1-3-22-10-6-9-19-15(21)12-7-4-5-8-13(12)18-16(19)23-11(2)14(17)20/h4-5,7-8,11H,3,6,9-10H2,1-2H3,(H2,17,20). The Morgan fingerprint density at radius 1 is 1.43 bits per heavy atom. The number of thioether (sulfide) groups is 1. The van der Waals surface area contributed by atoms with E-state index in [0.717, 1.165) is 0 Å². The first-order chi connectivity index (χ1) is 11.0. The number of amides is 1. The van der Waals surface area contributed by atoms with Gasteiger partial charge >= 0.3 is 0 Å². The van der Waals surface area contributed by atoms with Crippen LogP contribution in [-0.2, 0) is 16.1 Å². The summed E-state index contributed by atoms with van der Waals surface area (Å²) in [7, 11) is 0. The molecule has 0 spiro atoms. The molecule has 0 radical (unpaired) electrons. The molecular weight excluding hydrogens is 314 g/mol. The summed E-state index contributed by atoms with van der Waals surface area (Å²) in [6.07, 6.45) is 0.701. The minimum atomic E-state index is -0.457. The normalized spacial score (nSPS) is 12.4. The molecule has 1 amide bonds. The molecule has 124 valence electrons. The molecule has 1 heterocycles. The predicted molar refractivity (Wildman–Crippen MR) is 91.6 cm³/mol. The summed E-state index contributed by atoms with van der Waals surface area (Å²) in [4.78, 5) is 28.6. The van der Waals surface area contributed by atoms with Crippen LogP contribution in [0.25, 0.3) is 10.9 Å². The number of aromatic nitrogens is 2. The largest absolute Gasteiger partial charge is 0.382 e. The summed E-state index contributed by atoms with van der Waals surface area (Å²) in [6, 6.07) is 7.20. The molecule has 2 rings (SSSR count). The number of carbonyl (C=O) groups excluding carboxylic acids is 1. The third-order valence-electron chi connectivity index (χ3n) is 3.38. The number of nitrogens with zero attached hydrogens (tertiary/aromatic N) is 2. The SMILES string of the molecule is CCOCCCn1c(SC(C)C(N)=O)nc2ccccc2c1=O. The van der Waals surface area contributed by atoms with E-state index < -0.39 is 11.2 Å². The molecule has 1 unspecified atom stereocenters. The smallest absolute Gasteiger partial charge is 0.262 e. The Morgan fingerprint density at radius 2 is 2.17 bits per heavy atom. The van der Waals surface area contributed by atoms with Crippen molar-refractivity contribution in [1.29, 1.82) is 0 Å². The van der Waals surface area contributed by atoms with Crippen molar-refractivity contribution >= 4 is 28.6 Å². The molecule has 7 heteroatoms. The molecule has 6 nitrogen and oxygen atoms in total. The van der Waals surface area contributed by atoms with Gasteiger partial charge in [-0.3, -0.25) is 14.2 Å². The van der Waals surface area contributed by atoms with Gasteiger partial charge in [-0.2, -0.15) is 0 Å². The van der Waals surface area contributed by atoms with Gasteiger partial charge in [0.1, 0.15) is 0 Å². The van der Waals surface area contributed by atoms with Gasteiger partial charge in [0.25, 0.3) is 5.56 Å². The molecule has 0 aliphatic rings. The lowest BCUT2D eigenvalue weighted by Gasteiger charge is -2.14. The Hall–Kier alpha value is -1.86. The van der Waals surface area contributed by atoms with Crippen LogP contribution in [0.3, 0.4) is 0 Å². The number of nitrogens with two attached hydrogens (primary N) is 1. The maximum atomic E-state index is 12.7. The fraction of sp³-hybridized carbons (Fsp3) is 0.438. The second kappa shape index (κ2) is 8.12. The van der Waals surface area contributed by atoms with Gasteiger partial charge in [0.2, 0.25) is 5.91 Å². The maximum absolute atomic E-state index is 12.7. The summed E-state index contributed by atoms with van der Waals surface area (Å²) in [5, 5.41) is 0.623. The van der Waals surface area contributed by atoms with Crippen molar-refractivity contribution in [2.75, 3.05) is 13.2 Å². The Bertz CT molecular complexity index is 745. The number of primary amides is 1. The van der Waals surface area contributed by atoms with Crippen molar-refractivity contribution in [3.05, 3.63) is 34.6 Å². The Morgan fingerprint density at radius 3 is 2.87 bits per heavy atom. The number of hydrogen-bond acceptors (Lipinski definition) is 5. The van der Waals surface area contributed by atoms with Gasteiger partial charge in [-0.15, -0.1) is 0 Å². The summed E-state index contributed by atoms with van der Waals surface area (Å²) in [6.45, 7) is 5.35. The molecule has 1 aromatic heterocycles. The van der Waals surface area contributed by atoms with E-state index >= 15 is 0 Å². The highest BCUT2D eigenvalue weighted by Gasteiger charge is 2.17. The third-order valence-corrected chi connectivity index (χ3v) is 4.49. The van der Waals surface area contributed by atoms with Gasteiger partial charge in [-0.25, -0.2) is 4.98 Å².